The molecule has 110 valence electrons. The lowest BCUT2D eigenvalue weighted by molar-refractivity contribution is -0.0324. The van der Waals surface area contributed by atoms with Gasteiger partial charge in [0.1, 0.15) is 6.61 Å². The average Bonchev–Trinajstić information content (AvgIpc) is 2.97. The van der Waals surface area contributed by atoms with Crippen LogP contribution < -0.4 is 0 Å². The number of epoxide rings is 1. The highest BCUT2D eigenvalue weighted by molar-refractivity contribution is 5.60. The molecule has 4 nitrogen and oxygen atoms in total. The van der Waals surface area contributed by atoms with Gasteiger partial charge in [0, 0.05) is 6.42 Å². The fraction of sp³-hybridized carbons (Fsp3) is 0.933. The summed E-state index contributed by atoms with van der Waals surface area (Å²) in [5.41, 5.74) is 0. The molecule has 0 bridgehead atoms. The number of rotatable bonds is 8. The molecule has 1 heterocycles. The number of ether oxygens (including phenoxy) is 3. The van der Waals surface area contributed by atoms with Gasteiger partial charge in [-0.05, 0) is 12.3 Å². The summed E-state index contributed by atoms with van der Waals surface area (Å²) in [6.45, 7) is 0.518. The number of hydrogen-bond acceptors (Lipinski definition) is 4. The zero-order chi connectivity index (χ0) is 13.6. The van der Waals surface area contributed by atoms with Crippen LogP contribution in [0.3, 0.4) is 0 Å². The maximum atomic E-state index is 11.0. The van der Waals surface area contributed by atoms with E-state index in [1.165, 1.54) is 58.5 Å². The Bertz CT molecular complexity index is 280. The highest BCUT2D eigenvalue weighted by Crippen LogP contribution is 2.35. The zero-order valence-electron chi connectivity index (χ0n) is 12.0. The van der Waals surface area contributed by atoms with Crippen molar-refractivity contribution in [2.45, 2.75) is 70.0 Å². The van der Waals surface area contributed by atoms with Crippen molar-refractivity contribution in [3.8, 4) is 0 Å². The smallest absolute Gasteiger partial charge is 0.438 e. The summed E-state index contributed by atoms with van der Waals surface area (Å²) in [6.07, 6.45) is 12.2. The van der Waals surface area contributed by atoms with Crippen LogP contribution in [0.2, 0.25) is 0 Å². The Morgan fingerprint density at radius 2 is 1.89 bits per heavy atom. The fourth-order valence-corrected chi connectivity index (χ4v) is 3.01. The van der Waals surface area contributed by atoms with Crippen LogP contribution in [0.1, 0.15) is 64.2 Å². The first-order chi connectivity index (χ1) is 9.24. The second kappa shape index (κ2) is 7.13. The van der Waals surface area contributed by atoms with Gasteiger partial charge >= 0.3 is 6.16 Å². The monoisotopic (exact) mass is 270 g/mol. The molecule has 1 atom stereocenters. The predicted molar refractivity (Wildman–Crippen MR) is 71.8 cm³/mol. The van der Waals surface area contributed by atoms with Crippen LogP contribution >= 0.6 is 0 Å². The molecule has 2 rings (SSSR count). The molecule has 1 saturated heterocycles. The van der Waals surface area contributed by atoms with Gasteiger partial charge in [-0.1, -0.05) is 51.4 Å². The predicted octanol–water partition coefficient (Wildman–Crippen LogP) is 4.03. The molecule has 0 aromatic heterocycles. The molecular formula is C15H26O4. The third-order valence-corrected chi connectivity index (χ3v) is 4.30. The van der Waals surface area contributed by atoms with E-state index < -0.39 is 11.9 Å². The van der Waals surface area contributed by atoms with E-state index in [-0.39, 0.29) is 0 Å². The van der Waals surface area contributed by atoms with E-state index >= 15 is 0 Å². The second-order valence-electron chi connectivity index (χ2n) is 5.86. The van der Waals surface area contributed by atoms with Crippen molar-refractivity contribution in [1.82, 2.24) is 0 Å². The SMILES string of the molecule is COC(=O)OC1(CCCCCCC2CCCC2)CO1. The van der Waals surface area contributed by atoms with Gasteiger partial charge in [0.2, 0.25) is 5.79 Å². The summed E-state index contributed by atoms with van der Waals surface area (Å²) in [6, 6.07) is 0. The van der Waals surface area contributed by atoms with Gasteiger partial charge in [0.15, 0.2) is 0 Å². The minimum Gasteiger partial charge on any atom is -0.438 e. The molecule has 1 saturated carbocycles. The Hall–Kier alpha value is -0.770. The fourth-order valence-electron chi connectivity index (χ4n) is 3.01. The third kappa shape index (κ3) is 5.01. The molecule has 0 aromatic rings. The van der Waals surface area contributed by atoms with Gasteiger partial charge in [0.25, 0.3) is 0 Å². The van der Waals surface area contributed by atoms with Crippen molar-refractivity contribution in [3.63, 3.8) is 0 Å². The molecule has 1 aliphatic heterocycles. The van der Waals surface area contributed by atoms with Crippen LogP contribution in [-0.4, -0.2) is 25.7 Å². The lowest BCUT2D eigenvalue weighted by Gasteiger charge is -2.12. The van der Waals surface area contributed by atoms with Crippen LogP contribution in [-0.2, 0) is 14.2 Å². The van der Waals surface area contributed by atoms with Crippen LogP contribution in [0.5, 0.6) is 0 Å². The van der Waals surface area contributed by atoms with E-state index in [0.717, 1.165) is 18.8 Å². The zero-order valence-corrected chi connectivity index (χ0v) is 12.0. The van der Waals surface area contributed by atoms with E-state index in [2.05, 4.69) is 4.74 Å². The molecule has 2 fully saturated rings. The summed E-state index contributed by atoms with van der Waals surface area (Å²) in [7, 11) is 1.32. The number of hydrogen-bond donors (Lipinski definition) is 0. The van der Waals surface area contributed by atoms with Crippen molar-refractivity contribution in [3.05, 3.63) is 0 Å². The Balaban J connectivity index is 1.46. The van der Waals surface area contributed by atoms with Gasteiger partial charge < -0.3 is 14.2 Å². The topological polar surface area (TPSA) is 48.1 Å². The molecule has 0 N–H and O–H groups in total. The molecule has 1 aliphatic carbocycles. The van der Waals surface area contributed by atoms with Crippen LogP contribution in [0.4, 0.5) is 4.79 Å². The van der Waals surface area contributed by atoms with E-state index in [4.69, 9.17) is 9.47 Å². The molecule has 2 aliphatic rings. The molecule has 4 heteroatoms. The summed E-state index contributed by atoms with van der Waals surface area (Å²) in [4.78, 5) is 11.0. The Labute approximate surface area is 115 Å². The quantitative estimate of drug-likeness (QED) is 0.379. The number of carbonyl (C=O) groups excluding carboxylic acids is 1. The van der Waals surface area contributed by atoms with Gasteiger partial charge in [-0.2, -0.15) is 0 Å². The highest BCUT2D eigenvalue weighted by atomic mass is 16.8. The maximum Gasteiger partial charge on any atom is 0.510 e. The Morgan fingerprint density at radius 1 is 1.21 bits per heavy atom. The van der Waals surface area contributed by atoms with Crippen LogP contribution in [0.25, 0.3) is 0 Å². The van der Waals surface area contributed by atoms with Crippen molar-refractivity contribution >= 4 is 6.16 Å². The normalized spacial score (nSPS) is 26.4. The van der Waals surface area contributed by atoms with E-state index in [1.54, 1.807) is 0 Å². The molecular weight excluding hydrogens is 244 g/mol. The van der Waals surface area contributed by atoms with Crippen LogP contribution in [0.15, 0.2) is 0 Å². The first-order valence-electron chi connectivity index (χ1n) is 7.65. The number of unbranched alkanes of at least 4 members (excludes halogenated alkanes) is 3. The Morgan fingerprint density at radius 3 is 2.53 bits per heavy atom. The van der Waals surface area contributed by atoms with E-state index in [1.807, 2.05) is 0 Å². The largest absolute Gasteiger partial charge is 0.510 e. The van der Waals surface area contributed by atoms with Crippen LogP contribution in [0, 0.1) is 5.92 Å². The third-order valence-electron chi connectivity index (χ3n) is 4.30. The maximum absolute atomic E-state index is 11.0. The molecule has 1 unspecified atom stereocenters. The van der Waals surface area contributed by atoms with Crippen molar-refractivity contribution < 1.29 is 19.0 Å². The van der Waals surface area contributed by atoms with Crippen molar-refractivity contribution in [2.75, 3.05) is 13.7 Å². The molecule has 0 aromatic carbocycles. The molecule has 0 spiro atoms. The minimum absolute atomic E-state index is 0.518. The highest BCUT2D eigenvalue weighted by Gasteiger charge is 2.49. The first kappa shape index (κ1) is 14.6. The second-order valence-corrected chi connectivity index (χ2v) is 5.86. The van der Waals surface area contributed by atoms with Crippen molar-refractivity contribution in [1.29, 1.82) is 0 Å². The Kier molecular flexibility index (Phi) is 5.49. The molecule has 0 amide bonds. The summed E-state index contributed by atoms with van der Waals surface area (Å²) < 4.78 is 14.8. The lowest BCUT2D eigenvalue weighted by atomic mass is 9.99. The van der Waals surface area contributed by atoms with E-state index in [0.29, 0.717) is 6.61 Å². The average molecular weight is 270 g/mol. The first-order valence-corrected chi connectivity index (χ1v) is 7.65. The van der Waals surface area contributed by atoms with E-state index in [9.17, 15) is 4.79 Å². The summed E-state index contributed by atoms with van der Waals surface area (Å²) in [5.74, 6) is 0.346. The lowest BCUT2D eigenvalue weighted by Crippen LogP contribution is -2.21. The number of carbonyl (C=O) groups is 1. The van der Waals surface area contributed by atoms with Gasteiger partial charge in [-0.3, -0.25) is 0 Å². The summed E-state index contributed by atoms with van der Waals surface area (Å²) >= 11 is 0. The minimum atomic E-state index is -0.654. The molecule has 0 radical (unpaired) electrons. The molecule has 19 heavy (non-hydrogen) atoms. The van der Waals surface area contributed by atoms with Gasteiger partial charge in [-0.25, -0.2) is 4.79 Å². The summed E-state index contributed by atoms with van der Waals surface area (Å²) in [5, 5.41) is 0. The van der Waals surface area contributed by atoms with Gasteiger partial charge in [0.05, 0.1) is 7.11 Å². The number of methoxy groups -OCH3 is 1. The van der Waals surface area contributed by atoms with Gasteiger partial charge in [-0.15, -0.1) is 0 Å². The van der Waals surface area contributed by atoms with Crippen molar-refractivity contribution in [2.24, 2.45) is 5.92 Å². The standard InChI is InChI=1S/C15H26O4/c1-17-14(16)19-15(12-18-15)11-7-3-2-4-8-13-9-5-6-10-13/h13H,2-12H2,1H3.